The third-order valence-corrected chi connectivity index (χ3v) is 5.90. The molecule has 1 fully saturated rings. The van der Waals surface area contributed by atoms with Crippen LogP contribution in [-0.2, 0) is 0 Å². The average Bonchev–Trinajstić information content (AvgIpc) is 2.87. The molecular weight excluding hydrogens is 434 g/mol. The summed E-state index contributed by atoms with van der Waals surface area (Å²) in [5.74, 6) is -0.0433. The number of anilines is 2. The molecule has 4 N–H and O–H groups in total. The number of benzene rings is 2. The molecule has 6 heteroatoms. The summed E-state index contributed by atoms with van der Waals surface area (Å²) >= 11 is 0. The Bertz CT molecular complexity index is 1060. The predicted molar refractivity (Wildman–Crippen MR) is 148 cm³/mol. The summed E-state index contributed by atoms with van der Waals surface area (Å²) in [5.41, 5.74) is 9.98. The Hall–Kier alpha value is -3.61. The highest BCUT2D eigenvalue weighted by Gasteiger charge is 2.13. The molecule has 3 rings (SSSR count). The van der Waals surface area contributed by atoms with Gasteiger partial charge in [-0.15, -0.1) is 0 Å². The van der Waals surface area contributed by atoms with Crippen LogP contribution in [0.5, 0.6) is 0 Å². The number of allylic oxidation sites excluding steroid dienone is 5. The van der Waals surface area contributed by atoms with Gasteiger partial charge in [-0.05, 0) is 73.8 Å². The monoisotopic (exact) mass is 471 g/mol. The van der Waals surface area contributed by atoms with E-state index < -0.39 is 0 Å². The van der Waals surface area contributed by atoms with Crippen molar-refractivity contribution in [3.8, 4) is 0 Å². The molecule has 6 nitrogen and oxygen atoms in total. The second-order valence-electron chi connectivity index (χ2n) is 8.68. The van der Waals surface area contributed by atoms with Gasteiger partial charge in [-0.1, -0.05) is 49.1 Å². The first-order chi connectivity index (χ1) is 17.1. The predicted octanol–water partition coefficient (Wildman–Crippen LogP) is 4.40. The largest absolute Gasteiger partial charge is 0.405 e. The molecule has 2 aromatic rings. The highest BCUT2D eigenvalue weighted by molar-refractivity contribution is 5.95. The van der Waals surface area contributed by atoms with Gasteiger partial charge in [0.15, 0.2) is 0 Å². The average molecular weight is 472 g/mol. The fourth-order valence-electron chi connectivity index (χ4n) is 3.91. The molecule has 0 aliphatic carbocycles. The first kappa shape index (κ1) is 26.0. The molecule has 35 heavy (non-hydrogen) atoms. The standard InChI is InChI=1S/C29H37N5O/c1-3-7-24(14-15-30)12-13-25-8-4-10-27(22-25)32-28-11-5-9-26(23-28)29(35)31-16-6-17-34-20-18-33(2)19-21-34/h3-5,7-15,22-23,32H,1,6,16-21,30H2,2H3,(H,31,35)/b13-12+,15-14-,24-7-. The van der Waals surface area contributed by atoms with E-state index in [1.165, 1.54) is 6.20 Å². The molecule has 1 saturated heterocycles. The van der Waals surface area contributed by atoms with Gasteiger partial charge in [0.2, 0.25) is 0 Å². The molecule has 0 spiro atoms. The Morgan fingerprint density at radius 1 is 1.06 bits per heavy atom. The van der Waals surface area contributed by atoms with Gasteiger partial charge in [0, 0.05) is 49.7 Å². The van der Waals surface area contributed by atoms with Crippen molar-refractivity contribution in [1.82, 2.24) is 15.1 Å². The van der Waals surface area contributed by atoms with E-state index in [2.05, 4.69) is 40.1 Å². The van der Waals surface area contributed by atoms with Crippen molar-refractivity contribution in [2.24, 2.45) is 5.73 Å². The number of amides is 1. The Morgan fingerprint density at radius 2 is 1.80 bits per heavy atom. The number of nitrogens with one attached hydrogen (secondary N) is 2. The van der Waals surface area contributed by atoms with Crippen LogP contribution in [0.25, 0.3) is 6.08 Å². The molecule has 1 heterocycles. The third-order valence-electron chi connectivity index (χ3n) is 5.90. The van der Waals surface area contributed by atoms with Gasteiger partial charge < -0.3 is 26.2 Å². The number of rotatable bonds is 11. The highest BCUT2D eigenvalue weighted by atomic mass is 16.1. The lowest BCUT2D eigenvalue weighted by atomic mass is 10.1. The minimum absolute atomic E-state index is 0.0433. The van der Waals surface area contributed by atoms with Gasteiger partial charge in [0.05, 0.1) is 0 Å². The molecule has 0 saturated carbocycles. The Kier molecular flexibility index (Phi) is 10.4. The van der Waals surface area contributed by atoms with Crippen molar-refractivity contribution in [1.29, 1.82) is 0 Å². The van der Waals surface area contributed by atoms with Crippen molar-refractivity contribution < 1.29 is 4.79 Å². The van der Waals surface area contributed by atoms with Crippen LogP contribution in [0.2, 0.25) is 0 Å². The summed E-state index contributed by atoms with van der Waals surface area (Å²) in [6.45, 7) is 9.87. The van der Waals surface area contributed by atoms with Gasteiger partial charge in [-0.25, -0.2) is 0 Å². The molecule has 1 aliphatic rings. The molecule has 2 aromatic carbocycles. The van der Waals surface area contributed by atoms with E-state index in [-0.39, 0.29) is 5.91 Å². The van der Waals surface area contributed by atoms with Crippen molar-refractivity contribution in [2.45, 2.75) is 6.42 Å². The van der Waals surface area contributed by atoms with E-state index in [0.717, 1.165) is 61.7 Å². The van der Waals surface area contributed by atoms with Gasteiger partial charge in [0.1, 0.15) is 0 Å². The zero-order valence-electron chi connectivity index (χ0n) is 20.6. The van der Waals surface area contributed by atoms with Gasteiger partial charge in [-0.2, -0.15) is 0 Å². The van der Waals surface area contributed by atoms with Gasteiger partial charge in [0.25, 0.3) is 5.91 Å². The second kappa shape index (κ2) is 13.9. The van der Waals surface area contributed by atoms with E-state index in [0.29, 0.717) is 12.1 Å². The summed E-state index contributed by atoms with van der Waals surface area (Å²) < 4.78 is 0. The number of nitrogens with two attached hydrogens (primary N) is 1. The minimum Gasteiger partial charge on any atom is -0.405 e. The highest BCUT2D eigenvalue weighted by Crippen LogP contribution is 2.20. The summed E-state index contributed by atoms with van der Waals surface area (Å²) in [4.78, 5) is 17.5. The summed E-state index contributed by atoms with van der Waals surface area (Å²) in [6, 6.07) is 15.7. The Labute approximate surface area is 209 Å². The number of likely N-dealkylation sites (N-methyl/N-ethyl adjacent to an activating group) is 1. The number of carbonyl (C=O) groups excluding carboxylic acids is 1. The number of nitrogens with zero attached hydrogens (tertiary/aromatic N) is 2. The minimum atomic E-state index is -0.0433. The normalized spacial score (nSPS) is 15.5. The van der Waals surface area contributed by atoms with Crippen molar-refractivity contribution in [3.05, 3.63) is 102 Å². The van der Waals surface area contributed by atoms with Crippen LogP contribution in [0, 0.1) is 0 Å². The molecular formula is C29H37N5O. The molecule has 1 aliphatic heterocycles. The number of piperazine rings is 1. The van der Waals surface area contributed by atoms with Gasteiger partial charge >= 0.3 is 0 Å². The van der Waals surface area contributed by atoms with Crippen LogP contribution in [0.4, 0.5) is 11.4 Å². The van der Waals surface area contributed by atoms with E-state index in [1.807, 2.05) is 66.8 Å². The fraction of sp³-hybridized carbons (Fsp3) is 0.276. The van der Waals surface area contributed by atoms with E-state index in [1.54, 1.807) is 6.08 Å². The van der Waals surface area contributed by atoms with Gasteiger partial charge in [-0.3, -0.25) is 4.79 Å². The maximum Gasteiger partial charge on any atom is 0.251 e. The van der Waals surface area contributed by atoms with E-state index >= 15 is 0 Å². The molecule has 1 amide bonds. The first-order valence-corrected chi connectivity index (χ1v) is 12.1. The zero-order valence-corrected chi connectivity index (χ0v) is 20.6. The van der Waals surface area contributed by atoms with Crippen LogP contribution < -0.4 is 16.4 Å². The van der Waals surface area contributed by atoms with Crippen molar-refractivity contribution >= 4 is 23.4 Å². The molecule has 0 unspecified atom stereocenters. The lowest BCUT2D eigenvalue weighted by molar-refractivity contribution is 0.0949. The second-order valence-corrected chi connectivity index (χ2v) is 8.68. The van der Waals surface area contributed by atoms with Crippen LogP contribution in [0.1, 0.15) is 22.3 Å². The number of carbonyl (C=O) groups is 1. The molecule has 0 bridgehead atoms. The lowest BCUT2D eigenvalue weighted by Gasteiger charge is -2.32. The van der Waals surface area contributed by atoms with Crippen LogP contribution >= 0.6 is 0 Å². The molecule has 0 atom stereocenters. The van der Waals surface area contributed by atoms with Crippen LogP contribution in [0.3, 0.4) is 0 Å². The summed E-state index contributed by atoms with van der Waals surface area (Å²) in [6.07, 6.45) is 11.9. The third kappa shape index (κ3) is 8.92. The van der Waals surface area contributed by atoms with Crippen molar-refractivity contribution in [3.63, 3.8) is 0 Å². The zero-order chi connectivity index (χ0) is 24.9. The molecule has 0 radical (unpaired) electrons. The van der Waals surface area contributed by atoms with Crippen LogP contribution in [0.15, 0.2) is 91.2 Å². The summed E-state index contributed by atoms with van der Waals surface area (Å²) in [5, 5.41) is 6.46. The number of hydrogen-bond donors (Lipinski definition) is 3. The SMILES string of the molecule is C=C/C=C(\C=C/N)/C=C/c1cccc(Nc2cccc(C(=O)NCCCN3CCN(C)CC3)c2)c1. The Morgan fingerprint density at radius 3 is 2.54 bits per heavy atom. The first-order valence-electron chi connectivity index (χ1n) is 12.1. The smallest absolute Gasteiger partial charge is 0.251 e. The summed E-state index contributed by atoms with van der Waals surface area (Å²) in [7, 11) is 2.16. The van der Waals surface area contributed by atoms with Crippen molar-refractivity contribution in [2.75, 3.05) is 51.6 Å². The quantitative estimate of drug-likeness (QED) is 0.335. The maximum atomic E-state index is 12.7. The van der Waals surface area contributed by atoms with Crippen LogP contribution in [-0.4, -0.2) is 62.0 Å². The lowest BCUT2D eigenvalue weighted by Crippen LogP contribution is -2.45. The topological polar surface area (TPSA) is 73.6 Å². The fourth-order valence-corrected chi connectivity index (χ4v) is 3.91. The van der Waals surface area contributed by atoms with E-state index in [9.17, 15) is 4.79 Å². The Balaban J connectivity index is 1.53. The molecule has 0 aromatic heterocycles. The molecule has 184 valence electrons. The maximum absolute atomic E-state index is 12.7. The van der Waals surface area contributed by atoms with E-state index in [4.69, 9.17) is 5.73 Å². The number of hydrogen-bond acceptors (Lipinski definition) is 5.